The fourth-order valence-electron chi connectivity index (χ4n) is 3.87. The maximum Gasteiger partial charge on any atom is 0.0587 e. The van der Waals surface area contributed by atoms with Crippen LogP contribution < -0.4 is 5.32 Å². The maximum atomic E-state index is 9.56. The average Bonchev–Trinajstić information content (AvgIpc) is 2.34. The third-order valence-corrected chi connectivity index (χ3v) is 5.24. The minimum atomic E-state index is 0.263. The van der Waals surface area contributed by atoms with Crippen LogP contribution >= 0.6 is 0 Å². The number of nitrogens with one attached hydrogen (secondary N) is 1. The molecule has 1 saturated carbocycles. The summed E-state index contributed by atoms with van der Waals surface area (Å²) in [5, 5.41) is 13.3. The second-order valence-electron chi connectivity index (χ2n) is 7.22. The van der Waals surface area contributed by atoms with Crippen molar-refractivity contribution in [1.82, 2.24) is 10.2 Å². The molecule has 0 radical (unpaired) electrons. The van der Waals surface area contributed by atoms with Crippen molar-refractivity contribution in [2.45, 2.75) is 65.1 Å². The normalized spacial score (nSPS) is 33.9. The first kappa shape index (κ1) is 15.3. The molecule has 3 atom stereocenters. The number of nitrogens with zero attached hydrogens (tertiary/aromatic N) is 1. The zero-order valence-corrected chi connectivity index (χ0v) is 13.1. The lowest BCUT2D eigenvalue weighted by atomic mass is 9.72. The van der Waals surface area contributed by atoms with Crippen LogP contribution in [-0.2, 0) is 0 Å². The van der Waals surface area contributed by atoms with Crippen LogP contribution in [0.15, 0.2) is 0 Å². The van der Waals surface area contributed by atoms with Gasteiger partial charge in [-0.3, -0.25) is 0 Å². The second-order valence-corrected chi connectivity index (χ2v) is 7.22. The standard InChI is InChI=1S/C16H32N2O/c1-11(2)15(10-19)17-16-13-6-5-7-14(16)9-18(8-13)12(3)4/h11-17,19H,5-10H2,1-4H3/t13?,14?,15-,16?/m1/s1. The molecule has 2 bridgehead atoms. The quantitative estimate of drug-likeness (QED) is 0.801. The molecular weight excluding hydrogens is 236 g/mol. The lowest BCUT2D eigenvalue weighted by Gasteiger charge is -2.50. The topological polar surface area (TPSA) is 35.5 Å². The minimum Gasteiger partial charge on any atom is -0.395 e. The molecule has 2 aliphatic rings. The van der Waals surface area contributed by atoms with Crippen LogP contribution in [0.2, 0.25) is 0 Å². The molecule has 0 amide bonds. The van der Waals surface area contributed by atoms with Crippen molar-refractivity contribution < 1.29 is 5.11 Å². The summed E-state index contributed by atoms with van der Waals surface area (Å²) in [5.41, 5.74) is 0. The van der Waals surface area contributed by atoms with Gasteiger partial charge in [0, 0.05) is 31.2 Å². The molecule has 112 valence electrons. The molecule has 19 heavy (non-hydrogen) atoms. The molecule has 0 aromatic rings. The average molecular weight is 268 g/mol. The zero-order chi connectivity index (χ0) is 14.0. The third kappa shape index (κ3) is 3.50. The Balaban J connectivity index is 2.01. The minimum absolute atomic E-state index is 0.263. The summed E-state index contributed by atoms with van der Waals surface area (Å²) in [6.07, 6.45) is 4.10. The van der Waals surface area contributed by atoms with Gasteiger partial charge in [0.05, 0.1) is 6.61 Å². The Morgan fingerprint density at radius 3 is 2.11 bits per heavy atom. The summed E-state index contributed by atoms with van der Waals surface area (Å²) < 4.78 is 0. The van der Waals surface area contributed by atoms with Crippen molar-refractivity contribution in [2.24, 2.45) is 17.8 Å². The predicted octanol–water partition coefficient (Wildman–Crippen LogP) is 2.10. The molecule has 2 fully saturated rings. The van der Waals surface area contributed by atoms with Gasteiger partial charge < -0.3 is 15.3 Å². The lowest BCUT2D eigenvalue weighted by Crippen LogP contribution is -2.61. The molecule has 0 spiro atoms. The van der Waals surface area contributed by atoms with Gasteiger partial charge in [0.2, 0.25) is 0 Å². The fourth-order valence-corrected chi connectivity index (χ4v) is 3.87. The number of piperidine rings is 1. The van der Waals surface area contributed by atoms with E-state index >= 15 is 0 Å². The van der Waals surface area contributed by atoms with Gasteiger partial charge >= 0.3 is 0 Å². The van der Waals surface area contributed by atoms with Gasteiger partial charge in [0.25, 0.3) is 0 Å². The summed E-state index contributed by atoms with van der Waals surface area (Å²) in [6, 6.07) is 1.56. The summed E-state index contributed by atoms with van der Waals surface area (Å²) >= 11 is 0. The van der Waals surface area contributed by atoms with Crippen LogP contribution in [0.25, 0.3) is 0 Å². The number of aliphatic hydroxyl groups excluding tert-OH is 1. The zero-order valence-electron chi connectivity index (χ0n) is 13.1. The number of hydrogen-bond acceptors (Lipinski definition) is 3. The fraction of sp³-hybridized carbons (Fsp3) is 1.00. The van der Waals surface area contributed by atoms with Crippen LogP contribution in [0.5, 0.6) is 0 Å². The number of fused-ring (bicyclic) bond motifs is 2. The summed E-state index contributed by atoms with van der Waals surface area (Å²) in [5.74, 6) is 2.07. The van der Waals surface area contributed by atoms with Crippen molar-refractivity contribution >= 4 is 0 Å². The molecule has 1 saturated heterocycles. The largest absolute Gasteiger partial charge is 0.395 e. The highest BCUT2D eigenvalue weighted by Gasteiger charge is 2.40. The van der Waals surface area contributed by atoms with E-state index in [-0.39, 0.29) is 12.6 Å². The van der Waals surface area contributed by atoms with Crippen molar-refractivity contribution in [1.29, 1.82) is 0 Å². The van der Waals surface area contributed by atoms with E-state index < -0.39 is 0 Å². The third-order valence-electron chi connectivity index (χ3n) is 5.24. The first-order chi connectivity index (χ1) is 9.02. The lowest BCUT2D eigenvalue weighted by molar-refractivity contribution is 0.0179. The van der Waals surface area contributed by atoms with Crippen molar-refractivity contribution in [3.05, 3.63) is 0 Å². The molecule has 1 heterocycles. The van der Waals surface area contributed by atoms with Crippen LogP contribution in [0.1, 0.15) is 47.0 Å². The van der Waals surface area contributed by atoms with Gasteiger partial charge in [-0.15, -0.1) is 0 Å². The number of rotatable bonds is 5. The Kier molecular flexibility index (Phi) is 5.27. The van der Waals surface area contributed by atoms with E-state index in [9.17, 15) is 5.11 Å². The van der Waals surface area contributed by atoms with E-state index in [0.29, 0.717) is 18.0 Å². The predicted molar refractivity (Wildman–Crippen MR) is 80.2 cm³/mol. The highest BCUT2D eigenvalue weighted by Crippen LogP contribution is 2.36. The molecule has 3 nitrogen and oxygen atoms in total. The van der Waals surface area contributed by atoms with E-state index in [1.54, 1.807) is 0 Å². The molecular formula is C16H32N2O. The van der Waals surface area contributed by atoms with Gasteiger partial charge in [-0.2, -0.15) is 0 Å². The maximum absolute atomic E-state index is 9.56. The van der Waals surface area contributed by atoms with Gasteiger partial charge in [-0.05, 0) is 44.4 Å². The van der Waals surface area contributed by atoms with Crippen LogP contribution in [0.4, 0.5) is 0 Å². The smallest absolute Gasteiger partial charge is 0.0587 e. The molecule has 0 aromatic carbocycles. The van der Waals surface area contributed by atoms with Crippen molar-refractivity contribution in [2.75, 3.05) is 19.7 Å². The first-order valence-electron chi connectivity index (χ1n) is 8.13. The van der Waals surface area contributed by atoms with Gasteiger partial charge in [0.1, 0.15) is 0 Å². The van der Waals surface area contributed by atoms with Gasteiger partial charge in [-0.25, -0.2) is 0 Å². The Hall–Kier alpha value is -0.120. The van der Waals surface area contributed by atoms with Crippen LogP contribution in [-0.4, -0.2) is 47.8 Å². The monoisotopic (exact) mass is 268 g/mol. The SMILES string of the molecule is CC(C)[C@@H](CO)NC1C2CCCC1CN(C(C)C)C2. The Morgan fingerprint density at radius 1 is 1.11 bits per heavy atom. The summed E-state index contributed by atoms with van der Waals surface area (Å²) in [6.45, 7) is 11.8. The Morgan fingerprint density at radius 2 is 1.68 bits per heavy atom. The van der Waals surface area contributed by atoms with E-state index in [2.05, 4.69) is 37.9 Å². The summed E-state index contributed by atoms with van der Waals surface area (Å²) in [4.78, 5) is 2.65. The Labute approximate surface area is 118 Å². The highest BCUT2D eigenvalue weighted by atomic mass is 16.3. The molecule has 3 heteroatoms. The molecule has 0 aromatic heterocycles. The van der Waals surface area contributed by atoms with Crippen molar-refractivity contribution in [3.63, 3.8) is 0 Å². The van der Waals surface area contributed by atoms with Crippen LogP contribution in [0.3, 0.4) is 0 Å². The Bertz CT molecular complexity index is 266. The van der Waals surface area contributed by atoms with Gasteiger partial charge in [0.15, 0.2) is 0 Å². The number of likely N-dealkylation sites (tertiary alicyclic amines) is 1. The van der Waals surface area contributed by atoms with Crippen molar-refractivity contribution in [3.8, 4) is 0 Å². The molecule has 2 unspecified atom stereocenters. The van der Waals surface area contributed by atoms with E-state index in [1.807, 2.05) is 0 Å². The molecule has 2 N–H and O–H groups in total. The highest BCUT2D eigenvalue weighted by molar-refractivity contribution is 4.96. The molecule has 1 aliphatic heterocycles. The van der Waals surface area contributed by atoms with E-state index in [4.69, 9.17) is 0 Å². The number of hydrogen-bond donors (Lipinski definition) is 2. The molecule has 2 rings (SSSR count). The number of aliphatic hydroxyl groups is 1. The summed E-state index contributed by atoms with van der Waals surface area (Å²) in [7, 11) is 0. The molecule has 1 aliphatic carbocycles. The first-order valence-corrected chi connectivity index (χ1v) is 8.13. The van der Waals surface area contributed by atoms with Crippen LogP contribution in [0, 0.1) is 17.8 Å². The van der Waals surface area contributed by atoms with E-state index in [0.717, 1.165) is 11.8 Å². The van der Waals surface area contributed by atoms with Gasteiger partial charge in [-0.1, -0.05) is 20.3 Å². The van der Waals surface area contributed by atoms with E-state index in [1.165, 1.54) is 32.4 Å². The second kappa shape index (κ2) is 6.55.